The third kappa shape index (κ3) is 2.92. The van der Waals surface area contributed by atoms with E-state index in [1.807, 2.05) is 26.2 Å². The summed E-state index contributed by atoms with van der Waals surface area (Å²) in [5.74, 6) is 5.67. The van der Waals surface area contributed by atoms with Crippen LogP contribution in [-0.2, 0) is 0 Å². The summed E-state index contributed by atoms with van der Waals surface area (Å²) in [6.45, 7) is 4.18. The maximum Gasteiger partial charge on any atom is 0.0653 e. The van der Waals surface area contributed by atoms with Gasteiger partial charge in [0.25, 0.3) is 0 Å². The van der Waals surface area contributed by atoms with Crippen molar-refractivity contribution in [2.45, 2.75) is 25.4 Å². The Labute approximate surface area is 113 Å². The average Bonchev–Trinajstić information content (AvgIpc) is 2.24. The first-order valence-corrected chi connectivity index (χ1v) is 6.15. The lowest BCUT2D eigenvalue weighted by atomic mass is 9.88. The molecule has 96 valence electrons. The van der Waals surface area contributed by atoms with E-state index in [0.717, 1.165) is 5.56 Å². The molecule has 5 heteroatoms. The maximum atomic E-state index is 6.23. The SMILES string of the molecule is CN(C)C(C)(C)C(NN)c1cccc(Cl)c1Cl. The van der Waals surface area contributed by atoms with Crippen molar-refractivity contribution in [3.8, 4) is 0 Å². The first-order valence-electron chi connectivity index (χ1n) is 5.39. The molecule has 1 unspecified atom stereocenters. The van der Waals surface area contributed by atoms with E-state index >= 15 is 0 Å². The fourth-order valence-electron chi connectivity index (χ4n) is 1.68. The minimum absolute atomic E-state index is 0.108. The van der Waals surface area contributed by atoms with Crippen LogP contribution in [0.1, 0.15) is 25.5 Å². The number of hydrogen-bond acceptors (Lipinski definition) is 3. The fourth-order valence-corrected chi connectivity index (χ4v) is 2.09. The maximum absolute atomic E-state index is 6.23. The van der Waals surface area contributed by atoms with Crippen molar-refractivity contribution in [1.82, 2.24) is 10.3 Å². The predicted molar refractivity (Wildman–Crippen MR) is 74.3 cm³/mol. The molecule has 0 saturated heterocycles. The van der Waals surface area contributed by atoms with E-state index < -0.39 is 0 Å². The Morgan fingerprint density at radius 2 is 1.88 bits per heavy atom. The summed E-state index contributed by atoms with van der Waals surface area (Å²) in [5.41, 5.74) is 3.53. The highest BCUT2D eigenvalue weighted by Gasteiger charge is 2.33. The zero-order chi connectivity index (χ0) is 13.2. The zero-order valence-corrected chi connectivity index (χ0v) is 12.1. The predicted octanol–water partition coefficient (Wildman–Crippen LogP) is 2.84. The largest absolute Gasteiger partial charge is 0.302 e. The minimum atomic E-state index is -0.191. The van der Waals surface area contributed by atoms with Crippen LogP contribution in [-0.4, -0.2) is 24.5 Å². The Bertz CT molecular complexity index is 391. The van der Waals surface area contributed by atoms with E-state index in [1.54, 1.807) is 6.07 Å². The molecule has 1 atom stereocenters. The molecule has 17 heavy (non-hydrogen) atoms. The Morgan fingerprint density at radius 3 is 2.35 bits per heavy atom. The lowest BCUT2D eigenvalue weighted by Gasteiger charge is -2.40. The van der Waals surface area contributed by atoms with Crippen LogP contribution < -0.4 is 11.3 Å². The molecule has 0 amide bonds. The highest BCUT2D eigenvalue weighted by atomic mass is 35.5. The summed E-state index contributed by atoms with van der Waals surface area (Å²) in [7, 11) is 4.01. The van der Waals surface area contributed by atoms with Crippen LogP contribution in [0.4, 0.5) is 0 Å². The molecule has 0 spiro atoms. The van der Waals surface area contributed by atoms with E-state index in [0.29, 0.717) is 10.0 Å². The molecule has 0 saturated carbocycles. The number of hydrogen-bond donors (Lipinski definition) is 2. The number of likely N-dealkylation sites (N-methyl/N-ethyl adjacent to an activating group) is 1. The first-order chi connectivity index (χ1) is 7.82. The summed E-state index contributed by atoms with van der Waals surface area (Å²) in [6, 6.07) is 5.47. The molecule has 0 radical (unpaired) electrons. The topological polar surface area (TPSA) is 41.3 Å². The Balaban J connectivity index is 3.23. The van der Waals surface area contributed by atoms with Crippen molar-refractivity contribution in [2.24, 2.45) is 5.84 Å². The lowest BCUT2D eigenvalue weighted by Crippen LogP contribution is -2.51. The van der Waals surface area contributed by atoms with Crippen LogP contribution in [0, 0.1) is 0 Å². The van der Waals surface area contributed by atoms with Crippen molar-refractivity contribution in [3.63, 3.8) is 0 Å². The van der Waals surface area contributed by atoms with Gasteiger partial charge in [-0.2, -0.15) is 0 Å². The molecular weight excluding hydrogens is 257 g/mol. The zero-order valence-electron chi connectivity index (χ0n) is 10.6. The van der Waals surface area contributed by atoms with Crippen molar-refractivity contribution >= 4 is 23.2 Å². The van der Waals surface area contributed by atoms with Crippen LogP contribution in [0.25, 0.3) is 0 Å². The summed E-state index contributed by atoms with van der Waals surface area (Å²) in [4.78, 5) is 2.09. The Morgan fingerprint density at radius 1 is 1.29 bits per heavy atom. The van der Waals surface area contributed by atoms with Crippen LogP contribution in [0.15, 0.2) is 18.2 Å². The molecule has 3 N–H and O–H groups in total. The van der Waals surface area contributed by atoms with Gasteiger partial charge in [0, 0.05) is 5.54 Å². The third-order valence-electron chi connectivity index (χ3n) is 3.32. The van der Waals surface area contributed by atoms with Crippen molar-refractivity contribution < 1.29 is 0 Å². The number of rotatable bonds is 4. The van der Waals surface area contributed by atoms with Gasteiger partial charge in [-0.15, -0.1) is 0 Å². The molecule has 3 nitrogen and oxygen atoms in total. The first kappa shape index (κ1) is 14.7. The van der Waals surface area contributed by atoms with E-state index in [2.05, 4.69) is 24.2 Å². The molecule has 0 aliphatic rings. The van der Waals surface area contributed by atoms with Crippen molar-refractivity contribution in [3.05, 3.63) is 33.8 Å². The van der Waals surface area contributed by atoms with Crippen molar-refractivity contribution in [2.75, 3.05) is 14.1 Å². The second-order valence-corrected chi connectivity index (χ2v) is 5.58. The Kier molecular flexibility index (Phi) is 4.81. The molecule has 1 rings (SSSR count). The highest BCUT2D eigenvalue weighted by Crippen LogP contribution is 2.36. The van der Waals surface area contributed by atoms with Gasteiger partial charge >= 0.3 is 0 Å². The smallest absolute Gasteiger partial charge is 0.0653 e. The molecule has 0 aliphatic carbocycles. The highest BCUT2D eigenvalue weighted by molar-refractivity contribution is 6.42. The van der Waals surface area contributed by atoms with E-state index in [-0.39, 0.29) is 11.6 Å². The molecule has 0 heterocycles. The summed E-state index contributed by atoms with van der Waals surface area (Å²) in [5, 5.41) is 1.09. The molecular formula is C12H19Cl2N3. The van der Waals surface area contributed by atoms with E-state index in [1.165, 1.54) is 0 Å². The molecule has 0 bridgehead atoms. The van der Waals surface area contributed by atoms with Crippen molar-refractivity contribution in [1.29, 1.82) is 0 Å². The van der Waals surface area contributed by atoms with Gasteiger partial charge < -0.3 is 4.90 Å². The molecule has 1 aromatic rings. The number of nitrogens with one attached hydrogen (secondary N) is 1. The van der Waals surface area contributed by atoms with Crippen LogP contribution in [0.5, 0.6) is 0 Å². The second kappa shape index (κ2) is 5.55. The molecule has 0 fully saturated rings. The lowest BCUT2D eigenvalue weighted by molar-refractivity contribution is 0.138. The molecule has 0 aliphatic heterocycles. The number of halogens is 2. The third-order valence-corrected chi connectivity index (χ3v) is 4.15. The van der Waals surface area contributed by atoms with Gasteiger partial charge in [-0.25, -0.2) is 0 Å². The van der Waals surface area contributed by atoms with Crippen LogP contribution >= 0.6 is 23.2 Å². The average molecular weight is 276 g/mol. The quantitative estimate of drug-likeness (QED) is 0.656. The number of benzene rings is 1. The Hall–Kier alpha value is -0.320. The van der Waals surface area contributed by atoms with Gasteiger partial charge in [-0.3, -0.25) is 11.3 Å². The van der Waals surface area contributed by atoms with Gasteiger partial charge in [0.05, 0.1) is 16.1 Å². The monoisotopic (exact) mass is 275 g/mol. The minimum Gasteiger partial charge on any atom is -0.302 e. The van der Waals surface area contributed by atoms with Gasteiger partial charge in [0.1, 0.15) is 0 Å². The number of hydrazine groups is 1. The molecule has 1 aromatic carbocycles. The summed E-state index contributed by atoms with van der Waals surface area (Å²) in [6.07, 6.45) is 0. The molecule has 0 aromatic heterocycles. The van der Waals surface area contributed by atoms with Crippen LogP contribution in [0.3, 0.4) is 0 Å². The van der Waals surface area contributed by atoms with Gasteiger partial charge in [-0.1, -0.05) is 35.3 Å². The second-order valence-electron chi connectivity index (χ2n) is 4.79. The van der Waals surface area contributed by atoms with E-state index in [4.69, 9.17) is 29.0 Å². The summed E-state index contributed by atoms with van der Waals surface area (Å²) >= 11 is 12.3. The number of nitrogens with zero attached hydrogens (tertiary/aromatic N) is 1. The van der Waals surface area contributed by atoms with Gasteiger partial charge in [-0.05, 0) is 39.6 Å². The number of nitrogens with two attached hydrogens (primary N) is 1. The fraction of sp³-hybridized carbons (Fsp3) is 0.500. The van der Waals surface area contributed by atoms with Gasteiger partial charge in [0.2, 0.25) is 0 Å². The van der Waals surface area contributed by atoms with E-state index in [9.17, 15) is 0 Å². The standard InChI is InChI=1S/C12H19Cl2N3/c1-12(2,17(3)4)11(16-15)8-6-5-7-9(13)10(8)14/h5-7,11,16H,15H2,1-4H3. The normalized spacial score (nSPS) is 14.1. The van der Waals surface area contributed by atoms with Crippen LogP contribution in [0.2, 0.25) is 10.0 Å². The van der Waals surface area contributed by atoms with Gasteiger partial charge in [0.15, 0.2) is 0 Å². The summed E-state index contributed by atoms with van der Waals surface area (Å²) < 4.78 is 0.